The van der Waals surface area contributed by atoms with Crippen molar-refractivity contribution in [1.82, 2.24) is 4.90 Å². The second-order valence-corrected chi connectivity index (χ2v) is 6.46. The second-order valence-electron chi connectivity index (χ2n) is 6.46. The number of likely N-dealkylation sites (tertiary alicyclic amines) is 1. The number of amides is 1. The molecule has 1 aromatic rings. The van der Waals surface area contributed by atoms with Gasteiger partial charge in [0, 0.05) is 12.6 Å². The van der Waals surface area contributed by atoms with Gasteiger partial charge in [0.15, 0.2) is 0 Å². The molecule has 0 radical (unpaired) electrons. The summed E-state index contributed by atoms with van der Waals surface area (Å²) in [6, 6.07) is 5.12. The van der Waals surface area contributed by atoms with Crippen LogP contribution in [0, 0.1) is 0 Å². The first-order chi connectivity index (χ1) is 13.7. The number of piperidine rings is 1. The molecule has 1 amide bonds. The molecule has 160 valence electrons. The van der Waals surface area contributed by atoms with Crippen LogP contribution in [0.2, 0.25) is 0 Å². The number of carbonyl (C=O) groups excluding carboxylic acids is 3. The largest absolute Gasteiger partial charge is 0.573 e. The van der Waals surface area contributed by atoms with E-state index in [1.165, 1.54) is 29.2 Å². The van der Waals surface area contributed by atoms with E-state index >= 15 is 0 Å². The Bertz CT molecular complexity index is 720. The van der Waals surface area contributed by atoms with Crippen LogP contribution in [0.15, 0.2) is 24.3 Å². The lowest BCUT2D eigenvalue weighted by Gasteiger charge is -2.34. The van der Waals surface area contributed by atoms with E-state index < -0.39 is 30.8 Å². The predicted molar refractivity (Wildman–Crippen MR) is 93.9 cm³/mol. The molecule has 7 nitrogen and oxygen atoms in total. The Morgan fingerprint density at radius 1 is 1.10 bits per heavy atom. The molecule has 1 fully saturated rings. The summed E-state index contributed by atoms with van der Waals surface area (Å²) in [6.07, 6.45) is -3.63. The molecular weight excluding hydrogens is 395 g/mol. The van der Waals surface area contributed by atoms with Crippen molar-refractivity contribution in [2.24, 2.45) is 0 Å². The number of hydrogen-bond acceptors (Lipinski definition) is 6. The Morgan fingerprint density at radius 3 is 2.41 bits per heavy atom. The van der Waals surface area contributed by atoms with Crippen LogP contribution < -0.4 is 4.74 Å². The summed E-state index contributed by atoms with van der Waals surface area (Å²) in [7, 11) is 0. The number of halogens is 3. The fourth-order valence-corrected chi connectivity index (χ4v) is 3.07. The lowest BCUT2D eigenvalue weighted by atomic mass is 9.96. The highest BCUT2D eigenvalue weighted by Gasteiger charge is 2.32. The van der Waals surface area contributed by atoms with Gasteiger partial charge in [-0.25, -0.2) is 4.79 Å². The van der Waals surface area contributed by atoms with Crippen LogP contribution in [0.3, 0.4) is 0 Å². The molecule has 1 aliphatic rings. The lowest BCUT2D eigenvalue weighted by molar-refractivity contribution is -0.274. The predicted octanol–water partition coefficient (Wildman–Crippen LogP) is 3.60. The van der Waals surface area contributed by atoms with Gasteiger partial charge in [-0.1, -0.05) is 12.1 Å². The van der Waals surface area contributed by atoms with Crippen LogP contribution in [0.25, 0.3) is 0 Å². The molecule has 1 aliphatic heterocycles. The van der Waals surface area contributed by atoms with E-state index in [4.69, 9.17) is 4.74 Å². The Morgan fingerprint density at radius 2 is 1.79 bits per heavy atom. The summed E-state index contributed by atoms with van der Waals surface area (Å²) >= 11 is 0. The van der Waals surface area contributed by atoms with Gasteiger partial charge in [0.1, 0.15) is 12.2 Å². The first kappa shape index (κ1) is 22.5. The smallest absolute Gasteiger partial charge is 0.466 e. The third-order valence-electron chi connectivity index (χ3n) is 4.29. The van der Waals surface area contributed by atoms with Crippen LogP contribution in [0.5, 0.6) is 5.75 Å². The zero-order chi connectivity index (χ0) is 21.4. The molecule has 10 heteroatoms. The minimum Gasteiger partial charge on any atom is -0.466 e. The fourth-order valence-electron chi connectivity index (χ4n) is 3.07. The molecule has 1 atom stereocenters. The quantitative estimate of drug-likeness (QED) is 0.520. The fraction of sp³-hybridized carbons (Fsp3) is 0.526. The summed E-state index contributed by atoms with van der Waals surface area (Å²) in [4.78, 5) is 36.8. The van der Waals surface area contributed by atoms with E-state index in [0.29, 0.717) is 24.9 Å². The monoisotopic (exact) mass is 417 g/mol. The van der Waals surface area contributed by atoms with Gasteiger partial charge in [0.05, 0.1) is 6.61 Å². The lowest BCUT2D eigenvalue weighted by Crippen LogP contribution is -2.45. The first-order valence-corrected chi connectivity index (χ1v) is 9.19. The molecule has 1 saturated heterocycles. The van der Waals surface area contributed by atoms with Crippen molar-refractivity contribution < 1.29 is 41.8 Å². The van der Waals surface area contributed by atoms with Crippen molar-refractivity contribution in [3.63, 3.8) is 0 Å². The number of ether oxygens (including phenoxy) is 3. The highest BCUT2D eigenvalue weighted by Crippen LogP contribution is 2.25. The Kier molecular flexibility index (Phi) is 7.86. The van der Waals surface area contributed by atoms with Crippen LogP contribution in [0.1, 0.15) is 38.2 Å². The van der Waals surface area contributed by atoms with E-state index in [-0.39, 0.29) is 18.4 Å². The molecule has 0 spiro atoms. The van der Waals surface area contributed by atoms with Crippen molar-refractivity contribution >= 4 is 18.0 Å². The van der Waals surface area contributed by atoms with Crippen molar-refractivity contribution in [3.05, 3.63) is 29.8 Å². The third-order valence-corrected chi connectivity index (χ3v) is 4.29. The summed E-state index contributed by atoms with van der Waals surface area (Å²) in [6.45, 7) is 2.08. The van der Waals surface area contributed by atoms with Crippen molar-refractivity contribution in [2.45, 2.75) is 51.4 Å². The van der Waals surface area contributed by atoms with E-state index in [1.807, 2.05) is 0 Å². The molecule has 0 saturated carbocycles. The molecule has 1 aromatic carbocycles. The molecule has 0 N–H and O–H groups in total. The molecule has 1 unspecified atom stereocenters. The summed E-state index contributed by atoms with van der Waals surface area (Å²) < 4.78 is 50.0. The van der Waals surface area contributed by atoms with Crippen LogP contribution in [0.4, 0.5) is 18.0 Å². The molecule has 0 bridgehead atoms. The van der Waals surface area contributed by atoms with Crippen molar-refractivity contribution in [1.29, 1.82) is 0 Å². The highest BCUT2D eigenvalue weighted by molar-refractivity contribution is 5.95. The summed E-state index contributed by atoms with van der Waals surface area (Å²) in [5, 5.41) is 0. The van der Waals surface area contributed by atoms with Gasteiger partial charge in [0.2, 0.25) is 0 Å². The zero-order valence-corrected chi connectivity index (χ0v) is 15.9. The normalized spacial score (nSPS) is 16.8. The molecule has 2 rings (SSSR count). The average molecular weight is 417 g/mol. The Hall–Kier alpha value is -2.78. The van der Waals surface area contributed by atoms with E-state index in [2.05, 4.69) is 9.47 Å². The number of carbonyl (C=O) groups is 3. The van der Waals surface area contributed by atoms with Gasteiger partial charge in [-0.05, 0) is 50.3 Å². The van der Waals surface area contributed by atoms with Crippen molar-refractivity contribution in [2.75, 3.05) is 13.2 Å². The second kappa shape index (κ2) is 10.1. The van der Waals surface area contributed by atoms with E-state index in [0.717, 1.165) is 12.8 Å². The number of hydrogen-bond donors (Lipinski definition) is 0. The van der Waals surface area contributed by atoms with Gasteiger partial charge < -0.3 is 19.1 Å². The minimum atomic E-state index is -4.76. The number of esters is 2. The summed E-state index contributed by atoms with van der Waals surface area (Å²) in [5.41, 5.74) is 0.710. The number of benzene rings is 1. The maximum Gasteiger partial charge on any atom is 0.573 e. The zero-order valence-electron chi connectivity index (χ0n) is 15.9. The Labute approximate surface area is 165 Å². The minimum absolute atomic E-state index is 0.112. The van der Waals surface area contributed by atoms with E-state index in [1.54, 1.807) is 6.92 Å². The van der Waals surface area contributed by atoms with Gasteiger partial charge >= 0.3 is 24.4 Å². The van der Waals surface area contributed by atoms with E-state index in [9.17, 15) is 27.6 Å². The first-order valence-electron chi connectivity index (χ1n) is 9.19. The van der Waals surface area contributed by atoms with Crippen LogP contribution in [-0.4, -0.2) is 48.5 Å². The van der Waals surface area contributed by atoms with Crippen molar-refractivity contribution in [3.8, 4) is 5.75 Å². The molecule has 0 aromatic heterocycles. The number of alkyl halides is 3. The Balaban J connectivity index is 1.95. The van der Waals surface area contributed by atoms with Gasteiger partial charge in [0.25, 0.3) is 0 Å². The third kappa shape index (κ3) is 7.63. The standard InChI is InChI=1S/C19H22F3NO6/c1-2-27-16(24)12-17(25)28-18(26)23-10-4-3-5-14(23)11-13-6-8-15(9-7-13)29-19(20,21)22/h6-9,14H,2-5,10-12H2,1H3. The average Bonchev–Trinajstić information content (AvgIpc) is 2.62. The highest BCUT2D eigenvalue weighted by atomic mass is 19.4. The van der Waals surface area contributed by atoms with Crippen LogP contribution >= 0.6 is 0 Å². The maximum absolute atomic E-state index is 12.3. The van der Waals surface area contributed by atoms with Gasteiger partial charge in [-0.3, -0.25) is 9.59 Å². The number of rotatable bonds is 6. The molecule has 0 aliphatic carbocycles. The number of nitrogens with zero attached hydrogens (tertiary/aromatic N) is 1. The molecule has 29 heavy (non-hydrogen) atoms. The van der Waals surface area contributed by atoms with Gasteiger partial charge in [-0.2, -0.15) is 0 Å². The topological polar surface area (TPSA) is 82.1 Å². The molecular formula is C19H22F3NO6. The summed E-state index contributed by atoms with van der Waals surface area (Å²) in [5.74, 6) is -2.10. The molecule has 1 heterocycles. The van der Waals surface area contributed by atoms with Crippen LogP contribution in [-0.2, 0) is 25.5 Å². The maximum atomic E-state index is 12.3. The van der Waals surface area contributed by atoms with Gasteiger partial charge in [-0.15, -0.1) is 13.2 Å². The SMILES string of the molecule is CCOC(=O)CC(=O)OC(=O)N1CCCCC1Cc1ccc(OC(F)(F)F)cc1.